The van der Waals surface area contributed by atoms with Gasteiger partial charge in [-0.2, -0.15) is 0 Å². The molecule has 0 aliphatic carbocycles. The predicted molar refractivity (Wildman–Crippen MR) is 90.8 cm³/mol. The van der Waals surface area contributed by atoms with Crippen molar-refractivity contribution in [2.45, 2.75) is 39.3 Å². The van der Waals surface area contributed by atoms with E-state index in [2.05, 4.69) is 29.5 Å². The minimum atomic E-state index is -0.227. The highest BCUT2D eigenvalue weighted by atomic mass is 19.1. The van der Waals surface area contributed by atoms with Crippen LogP contribution in [0.3, 0.4) is 0 Å². The van der Waals surface area contributed by atoms with Gasteiger partial charge >= 0.3 is 0 Å². The summed E-state index contributed by atoms with van der Waals surface area (Å²) in [6.07, 6.45) is 3.42. The molecule has 0 aliphatic heterocycles. The molecule has 0 fully saturated rings. The third-order valence-corrected chi connectivity index (χ3v) is 3.60. The van der Waals surface area contributed by atoms with Crippen LogP contribution in [-0.2, 0) is 13.0 Å². The third-order valence-electron chi connectivity index (χ3n) is 3.60. The molecule has 1 aromatic heterocycles. The fraction of sp³-hybridized carbons (Fsp3) is 0.389. The largest absolute Gasteiger partial charge is 0.469 e. The number of aliphatic imine (C=N–C) groups is 1. The van der Waals surface area contributed by atoms with E-state index in [0.717, 1.165) is 18.6 Å². The van der Waals surface area contributed by atoms with Crippen molar-refractivity contribution in [3.8, 4) is 0 Å². The summed E-state index contributed by atoms with van der Waals surface area (Å²) in [6.45, 7) is 5.20. The summed E-state index contributed by atoms with van der Waals surface area (Å²) in [5.41, 5.74) is 0.587. The van der Waals surface area contributed by atoms with E-state index in [9.17, 15) is 4.39 Å². The van der Waals surface area contributed by atoms with Gasteiger partial charge in [0.25, 0.3) is 0 Å². The molecule has 1 atom stereocenters. The van der Waals surface area contributed by atoms with Crippen LogP contribution in [0.5, 0.6) is 0 Å². The molecule has 2 N–H and O–H groups in total. The summed E-state index contributed by atoms with van der Waals surface area (Å²) >= 11 is 0. The fourth-order valence-corrected chi connectivity index (χ4v) is 2.04. The summed E-state index contributed by atoms with van der Waals surface area (Å²) in [7, 11) is 0. The van der Waals surface area contributed by atoms with E-state index in [1.807, 2.05) is 18.2 Å². The van der Waals surface area contributed by atoms with Gasteiger partial charge in [0.1, 0.15) is 11.6 Å². The average Bonchev–Trinajstić information content (AvgIpc) is 3.07. The maximum atomic E-state index is 13.7. The number of hydrogen-bond acceptors (Lipinski definition) is 2. The Balaban J connectivity index is 1.95. The number of benzene rings is 1. The van der Waals surface area contributed by atoms with Crippen molar-refractivity contribution in [2.24, 2.45) is 4.99 Å². The summed E-state index contributed by atoms with van der Waals surface area (Å²) in [5.74, 6) is 1.39. The Kier molecular flexibility index (Phi) is 6.66. The molecule has 124 valence electrons. The first kappa shape index (κ1) is 17.1. The zero-order valence-corrected chi connectivity index (χ0v) is 13.7. The molecule has 0 amide bonds. The molecule has 0 spiro atoms. The lowest BCUT2D eigenvalue weighted by Crippen LogP contribution is -2.42. The van der Waals surface area contributed by atoms with Crippen LogP contribution in [0, 0.1) is 5.82 Å². The lowest BCUT2D eigenvalue weighted by molar-refractivity contribution is 0.506. The third kappa shape index (κ3) is 5.77. The van der Waals surface area contributed by atoms with Crippen molar-refractivity contribution in [1.29, 1.82) is 0 Å². The molecule has 0 aliphatic rings. The number of nitrogens with zero attached hydrogens (tertiary/aromatic N) is 1. The summed E-state index contributed by atoms with van der Waals surface area (Å²) in [4.78, 5) is 4.49. The van der Waals surface area contributed by atoms with Crippen molar-refractivity contribution >= 4 is 5.96 Å². The second kappa shape index (κ2) is 8.98. The zero-order chi connectivity index (χ0) is 16.5. The monoisotopic (exact) mass is 317 g/mol. The number of guanidine groups is 1. The van der Waals surface area contributed by atoms with E-state index in [-0.39, 0.29) is 5.82 Å². The maximum absolute atomic E-state index is 13.7. The molecule has 1 heterocycles. The highest BCUT2D eigenvalue weighted by molar-refractivity contribution is 5.80. The lowest BCUT2D eigenvalue weighted by Gasteiger charge is -2.17. The molecule has 1 unspecified atom stereocenters. The molecular formula is C18H24FN3O. The van der Waals surface area contributed by atoms with Crippen molar-refractivity contribution < 1.29 is 8.81 Å². The lowest BCUT2D eigenvalue weighted by atomic mass is 10.2. The topological polar surface area (TPSA) is 49.6 Å². The van der Waals surface area contributed by atoms with Gasteiger partial charge in [-0.3, -0.25) is 0 Å². The van der Waals surface area contributed by atoms with Gasteiger partial charge in [0.05, 0.1) is 12.8 Å². The van der Waals surface area contributed by atoms with Crippen molar-refractivity contribution in [3.63, 3.8) is 0 Å². The molecule has 0 radical (unpaired) electrons. The molecular weight excluding hydrogens is 293 g/mol. The van der Waals surface area contributed by atoms with E-state index in [4.69, 9.17) is 4.42 Å². The van der Waals surface area contributed by atoms with Crippen LogP contribution in [0.25, 0.3) is 0 Å². The van der Waals surface area contributed by atoms with Crippen LogP contribution in [0.1, 0.15) is 31.6 Å². The Morgan fingerprint density at radius 2 is 2.09 bits per heavy atom. The number of rotatable bonds is 7. The SMILES string of the molecule is CCC(C)NC(=NCc1ccccc1F)NCCc1ccco1. The van der Waals surface area contributed by atoms with Gasteiger partial charge in [0.2, 0.25) is 0 Å². The van der Waals surface area contributed by atoms with Gasteiger partial charge in [-0.25, -0.2) is 9.38 Å². The molecule has 5 heteroatoms. The van der Waals surface area contributed by atoms with Gasteiger partial charge in [0, 0.05) is 24.6 Å². The van der Waals surface area contributed by atoms with Crippen LogP contribution >= 0.6 is 0 Å². The molecule has 2 aromatic rings. The Morgan fingerprint density at radius 1 is 1.26 bits per heavy atom. The van der Waals surface area contributed by atoms with Crippen LogP contribution in [0.4, 0.5) is 4.39 Å². The molecule has 1 aromatic carbocycles. The van der Waals surface area contributed by atoms with Crippen molar-refractivity contribution in [2.75, 3.05) is 6.54 Å². The number of hydrogen-bond donors (Lipinski definition) is 2. The Labute approximate surface area is 136 Å². The van der Waals surface area contributed by atoms with E-state index in [1.54, 1.807) is 18.4 Å². The first-order valence-electron chi connectivity index (χ1n) is 7.99. The van der Waals surface area contributed by atoms with Crippen molar-refractivity contribution in [3.05, 3.63) is 59.8 Å². The summed E-state index contributed by atoms with van der Waals surface area (Å²) in [6, 6.07) is 10.8. The second-order valence-corrected chi connectivity index (χ2v) is 5.47. The van der Waals surface area contributed by atoms with Gasteiger partial charge in [-0.15, -0.1) is 0 Å². The van der Waals surface area contributed by atoms with Gasteiger partial charge in [-0.1, -0.05) is 25.1 Å². The smallest absolute Gasteiger partial charge is 0.191 e. The predicted octanol–water partition coefficient (Wildman–Crippen LogP) is 3.50. The maximum Gasteiger partial charge on any atom is 0.191 e. The van der Waals surface area contributed by atoms with E-state index >= 15 is 0 Å². The van der Waals surface area contributed by atoms with Crippen LogP contribution < -0.4 is 10.6 Å². The van der Waals surface area contributed by atoms with Gasteiger partial charge in [0.15, 0.2) is 5.96 Å². The molecule has 0 saturated heterocycles. The standard InChI is InChI=1S/C18H24FN3O/c1-3-14(2)22-18(20-11-10-16-8-6-12-23-16)21-13-15-7-4-5-9-17(15)19/h4-9,12,14H,3,10-11,13H2,1-2H3,(H2,20,21,22). The summed E-state index contributed by atoms with van der Waals surface area (Å²) in [5, 5.41) is 6.59. The average molecular weight is 317 g/mol. The van der Waals surface area contributed by atoms with Gasteiger partial charge in [-0.05, 0) is 31.5 Å². The molecule has 4 nitrogen and oxygen atoms in total. The van der Waals surface area contributed by atoms with E-state index < -0.39 is 0 Å². The first-order valence-corrected chi connectivity index (χ1v) is 7.99. The second-order valence-electron chi connectivity index (χ2n) is 5.47. The van der Waals surface area contributed by atoms with Crippen LogP contribution in [0.15, 0.2) is 52.1 Å². The Hall–Kier alpha value is -2.30. The molecule has 0 bridgehead atoms. The zero-order valence-electron chi connectivity index (χ0n) is 13.7. The van der Waals surface area contributed by atoms with Crippen LogP contribution in [-0.4, -0.2) is 18.5 Å². The fourth-order valence-electron chi connectivity index (χ4n) is 2.04. The first-order chi connectivity index (χ1) is 11.2. The van der Waals surface area contributed by atoms with Crippen LogP contribution in [0.2, 0.25) is 0 Å². The number of nitrogens with one attached hydrogen (secondary N) is 2. The molecule has 2 rings (SSSR count). The molecule has 0 saturated carbocycles. The quantitative estimate of drug-likeness (QED) is 0.607. The Bertz CT molecular complexity index is 610. The number of halogens is 1. The highest BCUT2D eigenvalue weighted by Gasteiger charge is 2.05. The number of furan rings is 1. The van der Waals surface area contributed by atoms with E-state index in [0.29, 0.717) is 30.7 Å². The molecule has 23 heavy (non-hydrogen) atoms. The van der Waals surface area contributed by atoms with Gasteiger partial charge < -0.3 is 15.1 Å². The normalized spacial score (nSPS) is 12.9. The minimum Gasteiger partial charge on any atom is -0.469 e. The van der Waals surface area contributed by atoms with E-state index in [1.165, 1.54) is 6.07 Å². The van der Waals surface area contributed by atoms with Crippen molar-refractivity contribution in [1.82, 2.24) is 10.6 Å². The Morgan fingerprint density at radius 3 is 2.78 bits per heavy atom. The highest BCUT2D eigenvalue weighted by Crippen LogP contribution is 2.07. The summed E-state index contributed by atoms with van der Waals surface area (Å²) < 4.78 is 19.0. The minimum absolute atomic E-state index is 0.227.